The summed E-state index contributed by atoms with van der Waals surface area (Å²) in [6, 6.07) is 7.08. The molecule has 0 saturated heterocycles. The van der Waals surface area contributed by atoms with E-state index in [-0.39, 0.29) is 0 Å². The molecule has 1 aliphatic carbocycles. The molecule has 1 aliphatic rings. The molecule has 0 spiro atoms. The standard InChI is InChI=1S/C15H20BrN3/c1-10(9-17)2-7-15-18-13-8-11(16)3-6-14(13)19(15)12-4-5-12/h3,6,8,10,12H,2,4-5,7,9,17H2,1H3. The lowest BCUT2D eigenvalue weighted by atomic mass is 10.1. The van der Waals surface area contributed by atoms with Gasteiger partial charge in [-0.25, -0.2) is 4.98 Å². The molecule has 1 heterocycles. The van der Waals surface area contributed by atoms with Gasteiger partial charge in [0, 0.05) is 16.9 Å². The predicted octanol–water partition coefficient (Wildman–Crippen LogP) is 3.66. The Morgan fingerprint density at radius 1 is 1.47 bits per heavy atom. The lowest BCUT2D eigenvalue weighted by Gasteiger charge is -2.10. The molecule has 0 aliphatic heterocycles. The third-order valence-corrected chi connectivity index (χ3v) is 4.39. The van der Waals surface area contributed by atoms with Crippen LogP contribution in [0.2, 0.25) is 0 Å². The van der Waals surface area contributed by atoms with Gasteiger partial charge in [0.1, 0.15) is 5.82 Å². The second-order valence-corrected chi connectivity index (χ2v) is 6.56. The van der Waals surface area contributed by atoms with Gasteiger partial charge in [-0.1, -0.05) is 22.9 Å². The number of benzene rings is 1. The smallest absolute Gasteiger partial charge is 0.110 e. The topological polar surface area (TPSA) is 43.8 Å². The van der Waals surface area contributed by atoms with E-state index in [1.807, 2.05) is 0 Å². The number of imidazole rings is 1. The van der Waals surface area contributed by atoms with Crippen molar-refractivity contribution in [1.82, 2.24) is 9.55 Å². The van der Waals surface area contributed by atoms with Gasteiger partial charge in [0.15, 0.2) is 0 Å². The molecule has 19 heavy (non-hydrogen) atoms. The van der Waals surface area contributed by atoms with E-state index < -0.39 is 0 Å². The first kappa shape index (κ1) is 13.1. The highest BCUT2D eigenvalue weighted by molar-refractivity contribution is 9.10. The van der Waals surface area contributed by atoms with Crippen molar-refractivity contribution in [3.63, 3.8) is 0 Å². The van der Waals surface area contributed by atoms with E-state index in [1.165, 1.54) is 24.2 Å². The molecule has 1 aromatic carbocycles. The van der Waals surface area contributed by atoms with Crippen molar-refractivity contribution in [2.24, 2.45) is 11.7 Å². The summed E-state index contributed by atoms with van der Waals surface area (Å²) in [6.45, 7) is 2.97. The Labute approximate surface area is 122 Å². The summed E-state index contributed by atoms with van der Waals surface area (Å²) >= 11 is 3.53. The van der Waals surface area contributed by atoms with Crippen LogP contribution in [0.5, 0.6) is 0 Å². The maximum Gasteiger partial charge on any atom is 0.110 e. The minimum absolute atomic E-state index is 0.569. The average Bonchev–Trinajstić information content (AvgIpc) is 3.17. The summed E-state index contributed by atoms with van der Waals surface area (Å²) in [7, 11) is 0. The Balaban J connectivity index is 1.95. The molecule has 3 nitrogen and oxygen atoms in total. The van der Waals surface area contributed by atoms with Crippen LogP contribution in [-0.4, -0.2) is 16.1 Å². The second kappa shape index (κ2) is 5.25. The van der Waals surface area contributed by atoms with Crippen molar-refractivity contribution in [1.29, 1.82) is 0 Å². The third kappa shape index (κ3) is 2.70. The highest BCUT2D eigenvalue weighted by atomic mass is 79.9. The van der Waals surface area contributed by atoms with Gasteiger partial charge in [0.25, 0.3) is 0 Å². The van der Waals surface area contributed by atoms with Gasteiger partial charge in [-0.15, -0.1) is 0 Å². The van der Waals surface area contributed by atoms with Gasteiger partial charge in [0.2, 0.25) is 0 Å². The first-order chi connectivity index (χ1) is 9.19. The molecule has 2 aromatic rings. The van der Waals surface area contributed by atoms with E-state index >= 15 is 0 Å². The van der Waals surface area contributed by atoms with Crippen LogP contribution in [0.1, 0.15) is 38.1 Å². The molecule has 2 N–H and O–H groups in total. The molecule has 4 heteroatoms. The van der Waals surface area contributed by atoms with Crippen LogP contribution in [0.4, 0.5) is 0 Å². The number of hydrogen-bond acceptors (Lipinski definition) is 2. The molecule has 0 amide bonds. The summed E-state index contributed by atoms with van der Waals surface area (Å²) < 4.78 is 3.55. The molecule has 1 atom stereocenters. The number of nitrogens with two attached hydrogens (primary N) is 1. The third-order valence-electron chi connectivity index (χ3n) is 3.90. The lowest BCUT2D eigenvalue weighted by molar-refractivity contribution is 0.525. The zero-order valence-corrected chi connectivity index (χ0v) is 12.9. The van der Waals surface area contributed by atoms with Crippen LogP contribution in [-0.2, 0) is 6.42 Å². The average molecular weight is 322 g/mol. The zero-order valence-electron chi connectivity index (χ0n) is 11.3. The number of aromatic nitrogens is 2. The van der Waals surface area contributed by atoms with Crippen LogP contribution in [0, 0.1) is 5.92 Å². The molecule has 0 bridgehead atoms. The molecule has 1 unspecified atom stereocenters. The van der Waals surface area contributed by atoms with Crippen molar-refractivity contribution in [3.8, 4) is 0 Å². The van der Waals surface area contributed by atoms with Crippen molar-refractivity contribution in [2.75, 3.05) is 6.54 Å². The fraction of sp³-hybridized carbons (Fsp3) is 0.533. The normalized spacial score (nSPS) is 17.0. The number of halogens is 1. The number of aryl methyl sites for hydroxylation is 1. The van der Waals surface area contributed by atoms with Gasteiger partial charge in [-0.05, 0) is 49.9 Å². The Hall–Kier alpha value is -0.870. The Morgan fingerprint density at radius 2 is 2.26 bits per heavy atom. The van der Waals surface area contributed by atoms with E-state index in [9.17, 15) is 0 Å². The molecule has 1 saturated carbocycles. The van der Waals surface area contributed by atoms with E-state index in [1.54, 1.807) is 0 Å². The molecule has 3 rings (SSSR count). The number of rotatable bonds is 5. The Morgan fingerprint density at radius 3 is 2.95 bits per heavy atom. The quantitative estimate of drug-likeness (QED) is 0.913. The summed E-state index contributed by atoms with van der Waals surface area (Å²) in [5.41, 5.74) is 8.09. The van der Waals surface area contributed by atoms with Gasteiger partial charge in [-0.3, -0.25) is 0 Å². The SMILES string of the molecule is CC(CN)CCc1nc2cc(Br)ccc2n1C1CC1. The van der Waals surface area contributed by atoms with Crippen molar-refractivity contribution in [2.45, 2.75) is 38.6 Å². The van der Waals surface area contributed by atoms with E-state index in [0.29, 0.717) is 12.0 Å². The van der Waals surface area contributed by atoms with E-state index in [2.05, 4.69) is 45.6 Å². The monoisotopic (exact) mass is 321 g/mol. The molecule has 102 valence electrons. The van der Waals surface area contributed by atoms with Crippen LogP contribution < -0.4 is 5.73 Å². The van der Waals surface area contributed by atoms with Crippen LogP contribution in [0.15, 0.2) is 22.7 Å². The molecular formula is C15H20BrN3. The van der Waals surface area contributed by atoms with Gasteiger partial charge < -0.3 is 10.3 Å². The summed E-state index contributed by atoms with van der Waals surface area (Å²) in [5.74, 6) is 1.80. The van der Waals surface area contributed by atoms with Crippen molar-refractivity contribution in [3.05, 3.63) is 28.5 Å². The minimum Gasteiger partial charge on any atom is -0.330 e. The fourth-order valence-corrected chi connectivity index (χ4v) is 2.88. The van der Waals surface area contributed by atoms with Crippen LogP contribution in [0.3, 0.4) is 0 Å². The molecule has 1 aromatic heterocycles. The maximum absolute atomic E-state index is 5.71. The van der Waals surface area contributed by atoms with Gasteiger partial charge in [-0.2, -0.15) is 0 Å². The number of nitrogens with zero attached hydrogens (tertiary/aromatic N) is 2. The summed E-state index contributed by atoms with van der Waals surface area (Å²) in [5, 5.41) is 0. The second-order valence-electron chi connectivity index (χ2n) is 5.64. The molecule has 1 fully saturated rings. The summed E-state index contributed by atoms with van der Waals surface area (Å²) in [6.07, 6.45) is 4.73. The largest absolute Gasteiger partial charge is 0.330 e. The first-order valence-electron chi connectivity index (χ1n) is 7.05. The maximum atomic E-state index is 5.71. The minimum atomic E-state index is 0.569. The lowest BCUT2D eigenvalue weighted by Crippen LogP contribution is -2.12. The van der Waals surface area contributed by atoms with Gasteiger partial charge in [0.05, 0.1) is 11.0 Å². The first-order valence-corrected chi connectivity index (χ1v) is 7.84. The van der Waals surface area contributed by atoms with Gasteiger partial charge >= 0.3 is 0 Å². The highest BCUT2D eigenvalue weighted by Crippen LogP contribution is 2.39. The molecule has 0 radical (unpaired) electrons. The van der Waals surface area contributed by atoms with Crippen molar-refractivity contribution >= 4 is 27.0 Å². The van der Waals surface area contributed by atoms with Crippen LogP contribution in [0.25, 0.3) is 11.0 Å². The molecular weight excluding hydrogens is 302 g/mol. The van der Waals surface area contributed by atoms with E-state index in [4.69, 9.17) is 10.7 Å². The fourth-order valence-electron chi connectivity index (χ4n) is 2.53. The zero-order chi connectivity index (χ0) is 13.4. The van der Waals surface area contributed by atoms with Crippen LogP contribution >= 0.6 is 15.9 Å². The Bertz CT molecular complexity index is 586. The summed E-state index contributed by atoms with van der Waals surface area (Å²) in [4.78, 5) is 4.83. The predicted molar refractivity (Wildman–Crippen MR) is 82.2 cm³/mol. The number of hydrogen-bond donors (Lipinski definition) is 1. The van der Waals surface area contributed by atoms with E-state index in [0.717, 1.165) is 29.4 Å². The van der Waals surface area contributed by atoms with Crippen molar-refractivity contribution < 1.29 is 0 Å². The number of fused-ring (bicyclic) bond motifs is 1. The Kier molecular flexibility index (Phi) is 3.63. The highest BCUT2D eigenvalue weighted by Gasteiger charge is 2.28.